The third kappa shape index (κ3) is 9.43. The summed E-state index contributed by atoms with van der Waals surface area (Å²) in [5.74, 6) is -3.31. The Morgan fingerprint density at radius 2 is 1.47 bits per heavy atom. The fourth-order valence-corrected chi connectivity index (χ4v) is 4.58. The fourth-order valence-electron chi connectivity index (χ4n) is 4.58. The van der Waals surface area contributed by atoms with Gasteiger partial charge in [-0.25, -0.2) is 9.59 Å². The fraction of sp³-hybridized carbons (Fsp3) is 0.739. The number of hydrogen-bond donors (Lipinski definition) is 2. The number of rotatable bonds is 4. The molecule has 0 spiro atoms. The van der Waals surface area contributed by atoms with E-state index in [0.717, 1.165) is 37.6 Å². The van der Waals surface area contributed by atoms with E-state index in [9.17, 15) is 26.3 Å². The van der Waals surface area contributed by atoms with Gasteiger partial charge < -0.3 is 24.3 Å². The van der Waals surface area contributed by atoms with E-state index in [1.165, 1.54) is 39.0 Å². The molecule has 0 unspecified atom stereocenters. The molecule has 15 heteroatoms. The number of piperazine rings is 1. The first kappa shape index (κ1) is 31.9. The Labute approximate surface area is 215 Å². The summed E-state index contributed by atoms with van der Waals surface area (Å²) < 4.78 is 75.7. The minimum atomic E-state index is -5.08. The van der Waals surface area contributed by atoms with E-state index >= 15 is 0 Å². The number of nitrogens with zero attached hydrogens (tertiary/aromatic N) is 3. The van der Waals surface area contributed by atoms with Gasteiger partial charge in [0.05, 0.1) is 18.7 Å². The van der Waals surface area contributed by atoms with Gasteiger partial charge >= 0.3 is 24.3 Å². The molecule has 38 heavy (non-hydrogen) atoms. The van der Waals surface area contributed by atoms with Crippen LogP contribution in [0.4, 0.5) is 26.3 Å². The van der Waals surface area contributed by atoms with Crippen LogP contribution in [0.1, 0.15) is 31.3 Å². The van der Waals surface area contributed by atoms with Crippen molar-refractivity contribution in [3.05, 3.63) is 23.7 Å². The van der Waals surface area contributed by atoms with Crippen LogP contribution in [0, 0.1) is 0 Å². The third-order valence-electron chi connectivity index (χ3n) is 6.52. The second kappa shape index (κ2) is 13.6. The summed E-state index contributed by atoms with van der Waals surface area (Å²) in [7, 11) is 2.22. The molecule has 218 valence electrons. The van der Waals surface area contributed by atoms with Gasteiger partial charge in [0.1, 0.15) is 11.5 Å². The minimum Gasteiger partial charge on any atom is -0.475 e. The second-order valence-corrected chi connectivity index (χ2v) is 9.21. The number of hydrogen-bond acceptors (Lipinski definition) is 7. The van der Waals surface area contributed by atoms with Crippen LogP contribution < -0.4 is 0 Å². The number of alkyl halides is 6. The molecule has 9 nitrogen and oxygen atoms in total. The van der Waals surface area contributed by atoms with Gasteiger partial charge in [0.25, 0.3) is 0 Å². The predicted molar refractivity (Wildman–Crippen MR) is 121 cm³/mol. The van der Waals surface area contributed by atoms with E-state index in [4.69, 9.17) is 29.0 Å². The van der Waals surface area contributed by atoms with Gasteiger partial charge in [-0.15, -0.1) is 0 Å². The standard InChI is InChI=1S/C19H31N3O2.2C2HF3O2/c1-3-15-6-7-16(24-15)13-22-14-18(19-17(22)5-4-12-23-19)21-10-8-20(2)9-11-21;2*3-2(4,5)1(6)7/h6-7,17-19H,3-5,8-14H2,1-2H3;2*(H,6,7)/t17-,18-,19+;;/m0../s1. The molecule has 1 aromatic rings. The molecule has 3 aliphatic heterocycles. The smallest absolute Gasteiger partial charge is 0.475 e. The zero-order chi connectivity index (χ0) is 28.7. The molecule has 0 saturated carbocycles. The van der Waals surface area contributed by atoms with E-state index in [1.54, 1.807) is 0 Å². The van der Waals surface area contributed by atoms with E-state index in [0.29, 0.717) is 18.2 Å². The van der Waals surface area contributed by atoms with E-state index in [1.807, 2.05) is 0 Å². The van der Waals surface area contributed by atoms with Crippen LogP contribution >= 0.6 is 0 Å². The summed E-state index contributed by atoms with van der Waals surface area (Å²) in [6, 6.07) is 5.38. The third-order valence-corrected chi connectivity index (χ3v) is 6.52. The van der Waals surface area contributed by atoms with Gasteiger partial charge in [-0.1, -0.05) is 6.92 Å². The van der Waals surface area contributed by atoms with Crippen molar-refractivity contribution in [3.63, 3.8) is 0 Å². The van der Waals surface area contributed by atoms with Crippen molar-refractivity contribution in [2.45, 2.75) is 63.3 Å². The molecule has 3 saturated heterocycles. The number of aliphatic carboxylic acids is 2. The number of ether oxygens (including phenoxy) is 1. The van der Waals surface area contributed by atoms with Crippen molar-refractivity contribution < 1.29 is 55.3 Å². The molecular weight excluding hydrogens is 528 g/mol. The summed E-state index contributed by atoms with van der Waals surface area (Å²) >= 11 is 0. The Bertz CT molecular complexity index is 877. The summed E-state index contributed by atoms with van der Waals surface area (Å²) in [5.41, 5.74) is 0. The number of fused-ring (bicyclic) bond motifs is 1. The molecule has 4 heterocycles. The predicted octanol–water partition coefficient (Wildman–Crippen LogP) is 3.09. The number of halogens is 6. The van der Waals surface area contributed by atoms with Crippen LogP contribution in [0.25, 0.3) is 0 Å². The molecule has 1 aromatic heterocycles. The van der Waals surface area contributed by atoms with Crippen molar-refractivity contribution >= 4 is 11.9 Å². The van der Waals surface area contributed by atoms with Gasteiger partial charge in [0, 0.05) is 51.8 Å². The lowest BCUT2D eigenvalue weighted by molar-refractivity contribution is -0.193. The van der Waals surface area contributed by atoms with Crippen LogP contribution in [0.15, 0.2) is 16.5 Å². The lowest BCUT2D eigenvalue weighted by Gasteiger charge is -2.39. The van der Waals surface area contributed by atoms with Gasteiger partial charge in [-0.2, -0.15) is 26.3 Å². The van der Waals surface area contributed by atoms with E-state index < -0.39 is 24.3 Å². The monoisotopic (exact) mass is 561 g/mol. The van der Waals surface area contributed by atoms with Crippen molar-refractivity contribution in [3.8, 4) is 0 Å². The quantitative estimate of drug-likeness (QED) is 0.537. The molecule has 0 aliphatic carbocycles. The van der Waals surface area contributed by atoms with Crippen molar-refractivity contribution in [1.82, 2.24) is 14.7 Å². The molecule has 0 bridgehead atoms. The first-order valence-corrected chi connectivity index (χ1v) is 12.1. The van der Waals surface area contributed by atoms with Gasteiger partial charge in [0.15, 0.2) is 0 Å². The molecule has 4 rings (SSSR count). The maximum atomic E-state index is 10.6. The Kier molecular flexibility index (Phi) is 11.4. The Morgan fingerprint density at radius 3 is 1.95 bits per heavy atom. The Morgan fingerprint density at radius 1 is 0.947 bits per heavy atom. The van der Waals surface area contributed by atoms with Gasteiger partial charge in [0.2, 0.25) is 0 Å². The summed E-state index contributed by atoms with van der Waals surface area (Å²) in [6.45, 7) is 9.80. The average molecular weight is 562 g/mol. The van der Waals surface area contributed by atoms with Crippen molar-refractivity contribution in [1.29, 1.82) is 0 Å². The number of furan rings is 1. The van der Waals surface area contributed by atoms with Gasteiger partial charge in [-0.05, 0) is 32.0 Å². The van der Waals surface area contributed by atoms with Crippen molar-refractivity contribution in [2.24, 2.45) is 0 Å². The molecule has 0 aromatic carbocycles. The normalized spacial score (nSPS) is 25.0. The maximum Gasteiger partial charge on any atom is 0.490 e. The van der Waals surface area contributed by atoms with E-state index in [-0.39, 0.29) is 0 Å². The second-order valence-electron chi connectivity index (χ2n) is 9.21. The lowest BCUT2D eigenvalue weighted by atomic mass is 9.99. The number of carboxylic acids is 2. The molecular formula is C23H33F6N3O6. The molecule has 0 radical (unpaired) electrons. The van der Waals surface area contributed by atoms with Crippen LogP contribution in [0.2, 0.25) is 0 Å². The SMILES string of the molecule is CCc1ccc(CN2C[C@H](N3CCN(C)CC3)[C@@H]3OCCC[C@@H]32)o1.O=C(O)C(F)(F)F.O=C(O)C(F)(F)F. The summed E-state index contributed by atoms with van der Waals surface area (Å²) in [5, 5.41) is 14.2. The Balaban J connectivity index is 0.000000301. The summed E-state index contributed by atoms with van der Waals surface area (Å²) in [6.07, 6.45) is -6.37. The zero-order valence-corrected chi connectivity index (χ0v) is 21.1. The van der Waals surface area contributed by atoms with Crippen LogP contribution in [0.3, 0.4) is 0 Å². The first-order chi connectivity index (χ1) is 17.6. The maximum absolute atomic E-state index is 10.6. The number of likely N-dealkylation sites (tertiary alicyclic amines) is 1. The highest BCUT2D eigenvalue weighted by molar-refractivity contribution is 5.73. The number of carboxylic acid groups (broad SMARTS) is 2. The first-order valence-electron chi connectivity index (χ1n) is 12.1. The molecule has 3 fully saturated rings. The highest BCUT2D eigenvalue weighted by atomic mass is 19.4. The van der Waals surface area contributed by atoms with E-state index in [2.05, 4.69) is 40.8 Å². The topological polar surface area (TPSA) is 107 Å². The largest absolute Gasteiger partial charge is 0.490 e. The van der Waals surface area contributed by atoms with Crippen LogP contribution in [-0.2, 0) is 27.3 Å². The number of carbonyl (C=O) groups is 2. The minimum absolute atomic E-state index is 0.378. The average Bonchev–Trinajstić information content (AvgIpc) is 3.44. The van der Waals surface area contributed by atoms with Crippen molar-refractivity contribution in [2.75, 3.05) is 46.4 Å². The molecule has 2 N–H and O–H groups in total. The van der Waals surface area contributed by atoms with Crippen LogP contribution in [-0.4, -0.2) is 114 Å². The highest BCUT2D eigenvalue weighted by Gasteiger charge is 2.46. The van der Waals surface area contributed by atoms with Gasteiger partial charge in [-0.3, -0.25) is 9.80 Å². The lowest BCUT2D eigenvalue weighted by Crippen LogP contribution is -2.54. The highest BCUT2D eigenvalue weighted by Crippen LogP contribution is 2.33. The Hall–Kier alpha value is -2.36. The van der Waals surface area contributed by atoms with Crippen LogP contribution in [0.5, 0.6) is 0 Å². The number of likely N-dealkylation sites (N-methyl/N-ethyl adjacent to an activating group) is 1. The molecule has 3 atom stereocenters. The zero-order valence-electron chi connectivity index (χ0n) is 21.1. The summed E-state index contributed by atoms with van der Waals surface area (Å²) in [4.78, 5) is 25.5. The molecule has 3 aliphatic rings. The molecule has 0 amide bonds. The number of aryl methyl sites for hydroxylation is 1.